The zero-order chi connectivity index (χ0) is 8.97. The third-order valence-electron chi connectivity index (χ3n) is 1.61. The summed E-state index contributed by atoms with van der Waals surface area (Å²) in [7, 11) is 0. The minimum Gasteiger partial charge on any atom is -0.434 e. The molecule has 2 N–H and O–H groups in total. The van der Waals surface area contributed by atoms with Gasteiger partial charge in [-0.15, -0.1) is 0 Å². The van der Waals surface area contributed by atoms with Gasteiger partial charge in [0.2, 0.25) is 6.29 Å². The molecule has 1 aliphatic heterocycles. The average molecular weight is 176 g/mol. The summed E-state index contributed by atoms with van der Waals surface area (Å²) < 4.78 is 8.93. The molecule has 1 heterocycles. The van der Waals surface area contributed by atoms with Crippen molar-refractivity contribution in [3.8, 4) is 0 Å². The standard InChI is InChI=1S/C7H12O5/c8-5-2-1-3-11-7(10)12-6(9)4-5/h5-6,8-9H,1-4H2. The van der Waals surface area contributed by atoms with Gasteiger partial charge in [-0.05, 0) is 12.8 Å². The molecule has 0 aromatic heterocycles. The van der Waals surface area contributed by atoms with Crippen molar-refractivity contribution < 1.29 is 24.5 Å². The molecule has 1 saturated heterocycles. The van der Waals surface area contributed by atoms with Gasteiger partial charge in [-0.25, -0.2) is 4.79 Å². The Bertz CT molecular complexity index is 158. The second-order valence-corrected chi connectivity index (χ2v) is 2.70. The van der Waals surface area contributed by atoms with Crippen LogP contribution in [0.2, 0.25) is 0 Å². The van der Waals surface area contributed by atoms with Crippen molar-refractivity contribution in [3.63, 3.8) is 0 Å². The zero-order valence-corrected chi connectivity index (χ0v) is 6.60. The normalized spacial score (nSPS) is 32.3. The van der Waals surface area contributed by atoms with E-state index in [0.29, 0.717) is 12.8 Å². The highest BCUT2D eigenvalue weighted by Gasteiger charge is 2.19. The summed E-state index contributed by atoms with van der Waals surface area (Å²) in [5, 5.41) is 18.2. The Labute approximate surface area is 69.9 Å². The second kappa shape index (κ2) is 4.27. The minimum atomic E-state index is -1.26. The first-order valence-electron chi connectivity index (χ1n) is 3.88. The van der Waals surface area contributed by atoms with Crippen LogP contribution in [0.5, 0.6) is 0 Å². The molecule has 2 unspecified atom stereocenters. The summed E-state index contributed by atoms with van der Waals surface area (Å²) in [6.45, 7) is 0.225. The van der Waals surface area contributed by atoms with Gasteiger partial charge in [0.1, 0.15) is 0 Å². The molecule has 1 rings (SSSR count). The average Bonchev–Trinajstić information content (AvgIpc) is 2.01. The Hall–Kier alpha value is -0.810. The van der Waals surface area contributed by atoms with Crippen molar-refractivity contribution in [1.29, 1.82) is 0 Å². The van der Waals surface area contributed by atoms with Crippen molar-refractivity contribution in [3.05, 3.63) is 0 Å². The molecule has 0 spiro atoms. The van der Waals surface area contributed by atoms with Crippen LogP contribution in [0, 0.1) is 0 Å². The summed E-state index contributed by atoms with van der Waals surface area (Å²) in [5.41, 5.74) is 0. The first-order chi connectivity index (χ1) is 5.68. The van der Waals surface area contributed by atoms with Crippen LogP contribution in [-0.2, 0) is 9.47 Å². The fourth-order valence-electron chi connectivity index (χ4n) is 1.02. The largest absolute Gasteiger partial charge is 0.510 e. The third kappa shape index (κ3) is 3.06. The molecule has 1 aliphatic rings. The van der Waals surface area contributed by atoms with Crippen molar-refractivity contribution in [2.24, 2.45) is 0 Å². The minimum absolute atomic E-state index is 0.0507. The maximum absolute atomic E-state index is 10.6. The molecule has 0 saturated carbocycles. The number of rotatable bonds is 0. The number of carbonyl (C=O) groups excluding carboxylic acids is 1. The number of aliphatic hydroxyl groups is 2. The molecule has 5 heteroatoms. The molecule has 0 amide bonds. The van der Waals surface area contributed by atoms with Gasteiger partial charge >= 0.3 is 6.16 Å². The maximum Gasteiger partial charge on any atom is 0.510 e. The van der Waals surface area contributed by atoms with Crippen LogP contribution in [0.25, 0.3) is 0 Å². The van der Waals surface area contributed by atoms with E-state index >= 15 is 0 Å². The Morgan fingerprint density at radius 2 is 2.17 bits per heavy atom. The number of ether oxygens (including phenoxy) is 2. The summed E-state index contributed by atoms with van der Waals surface area (Å²) in [6.07, 6.45) is -1.62. The molecule has 5 nitrogen and oxygen atoms in total. The van der Waals surface area contributed by atoms with E-state index < -0.39 is 18.5 Å². The van der Waals surface area contributed by atoms with Crippen LogP contribution in [0.3, 0.4) is 0 Å². The first-order valence-corrected chi connectivity index (χ1v) is 3.88. The molecule has 0 bridgehead atoms. The predicted molar refractivity (Wildman–Crippen MR) is 38.3 cm³/mol. The number of hydrogen-bond acceptors (Lipinski definition) is 5. The first kappa shape index (κ1) is 9.28. The van der Waals surface area contributed by atoms with Gasteiger partial charge in [0.15, 0.2) is 0 Å². The van der Waals surface area contributed by atoms with E-state index in [-0.39, 0.29) is 13.0 Å². The molecule has 0 aliphatic carbocycles. The van der Waals surface area contributed by atoms with E-state index in [4.69, 9.17) is 5.11 Å². The van der Waals surface area contributed by atoms with Crippen molar-refractivity contribution in [1.82, 2.24) is 0 Å². The van der Waals surface area contributed by atoms with Crippen LogP contribution in [0.4, 0.5) is 4.79 Å². The highest BCUT2D eigenvalue weighted by molar-refractivity contribution is 5.59. The smallest absolute Gasteiger partial charge is 0.434 e. The lowest BCUT2D eigenvalue weighted by Crippen LogP contribution is -2.21. The second-order valence-electron chi connectivity index (χ2n) is 2.70. The Balaban J connectivity index is 2.43. The molecular formula is C7H12O5. The van der Waals surface area contributed by atoms with E-state index in [1.807, 2.05) is 0 Å². The van der Waals surface area contributed by atoms with Crippen LogP contribution >= 0.6 is 0 Å². The Kier molecular flexibility index (Phi) is 3.31. The summed E-state index contributed by atoms with van der Waals surface area (Å²) in [5.74, 6) is 0. The van der Waals surface area contributed by atoms with Crippen molar-refractivity contribution in [2.45, 2.75) is 31.7 Å². The molecular weight excluding hydrogens is 164 g/mol. The lowest BCUT2D eigenvalue weighted by Gasteiger charge is -2.12. The molecule has 70 valence electrons. The maximum atomic E-state index is 10.6. The molecule has 0 radical (unpaired) electrons. The highest BCUT2D eigenvalue weighted by Crippen LogP contribution is 2.10. The van der Waals surface area contributed by atoms with Gasteiger partial charge in [-0.1, -0.05) is 0 Å². The van der Waals surface area contributed by atoms with E-state index in [1.165, 1.54) is 0 Å². The van der Waals surface area contributed by atoms with Gasteiger partial charge in [0.05, 0.1) is 12.7 Å². The SMILES string of the molecule is O=C1OCCCC(O)CC(O)O1. The molecule has 0 aromatic rings. The van der Waals surface area contributed by atoms with Gasteiger partial charge < -0.3 is 19.7 Å². The molecule has 12 heavy (non-hydrogen) atoms. The lowest BCUT2D eigenvalue weighted by molar-refractivity contribution is -0.0940. The van der Waals surface area contributed by atoms with Gasteiger partial charge in [-0.2, -0.15) is 0 Å². The Morgan fingerprint density at radius 1 is 1.42 bits per heavy atom. The van der Waals surface area contributed by atoms with Gasteiger partial charge in [-0.3, -0.25) is 0 Å². The summed E-state index contributed by atoms with van der Waals surface area (Å²) in [6, 6.07) is 0. The zero-order valence-electron chi connectivity index (χ0n) is 6.60. The van der Waals surface area contributed by atoms with E-state index in [9.17, 15) is 9.90 Å². The highest BCUT2D eigenvalue weighted by atomic mass is 16.8. The van der Waals surface area contributed by atoms with E-state index in [2.05, 4.69) is 9.47 Å². The number of hydrogen-bond donors (Lipinski definition) is 2. The summed E-state index contributed by atoms with van der Waals surface area (Å²) in [4.78, 5) is 10.6. The molecule has 1 fully saturated rings. The van der Waals surface area contributed by atoms with Gasteiger partial charge in [0.25, 0.3) is 0 Å². The van der Waals surface area contributed by atoms with Crippen LogP contribution < -0.4 is 0 Å². The third-order valence-corrected chi connectivity index (χ3v) is 1.61. The van der Waals surface area contributed by atoms with Crippen LogP contribution in [0.15, 0.2) is 0 Å². The van der Waals surface area contributed by atoms with Crippen molar-refractivity contribution in [2.75, 3.05) is 6.61 Å². The fraction of sp³-hybridized carbons (Fsp3) is 0.857. The van der Waals surface area contributed by atoms with E-state index in [0.717, 1.165) is 0 Å². The van der Waals surface area contributed by atoms with E-state index in [1.54, 1.807) is 0 Å². The number of aliphatic hydroxyl groups excluding tert-OH is 2. The van der Waals surface area contributed by atoms with Crippen LogP contribution in [0.1, 0.15) is 19.3 Å². The van der Waals surface area contributed by atoms with Crippen molar-refractivity contribution >= 4 is 6.16 Å². The predicted octanol–water partition coefficient (Wildman–Crippen LogP) is 0.00280. The van der Waals surface area contributed by atoms with Crippen LogP contribution in [-0.4, -0.2) is 35.4 Å². The number of carbonyl (C=O) groups is 1. The monoisotopic (exact) mass is 176 g/mol. The fourth-order valence-corrected chi connectivity index (χ4v) is 1.02. The Morgan fingerprint density at radius 3 is 2.92 bits per heavy atom. The molecule has 2 atom stereocenters. The van der Waals surface area contributed by atoms with Gasteiger partial charge in [0, 0.05) is 6.42 Å². The summed E-state index contributed by atoms with van der Waals surface area (Å²) >= 11 is 0. The topological polar surface area (TPSA) is 76.0 Å². The quantitative estimate of drug-likeness (QED) is 0.508. The number of cyclic esters (lactones) is 2. The molecule has 0 aromatic carbocycles. The lowest BCUT2D eigenvalue weighted by atomic mass is 10.1.